The molecular formula is C19H24N2O4. The molecule has 0 bridgehead atoms. The third-order valence-electron chi connectivity index (χ3n) is 4.56. The van der Waals surface area contributed by atoms with Crippen LogP contribution in [0.4, 0.5) is 0 Å². The van der Waals surface area contributed by atoms with Crippen LogP contribution in [0.2, 0.25) is 0 Å². The number of carbonyl (C=O) groups is 1. The molecule has 2 atom stereocenters. The molecule has 134 valence electrons. The van der Waals surface area contributed by atoms with E-state index >= 15 is 0 Å². The van der Waals surface area contributed by atoms with Gasteiger partial charge in [-0.15, -0.1) is 0 Å². The number of amides is 1. The molecule has 25 heavy (non-hydrogen) atoms. The Labute approximate surface area is 147 Å². The van der Waals surface area contributed by atoms with Crippen molar-refractivity contribution in [2.24, 2.45) is 0 Å². The number of hydrogen-bond donors (Lipinski definition) is 1. The fourth-order valence-electron chi connectivity index (χ4n) is 2.95. The Morgan fingerprint density at radius 2 is 2.12 bits per heavy atom. The first kappa shape index (κ1) is 17.5. The second-order valence-corrected chi connectivity index (χ2v) is 6.43. The van der Waals surface area contributed by atoms with Crippen molar-refractivity contribution in [1.29, 1.82) is 0 Å². The summed E-state index contributed by atoms with van der Waals surface area (Å²) in [6.07, 6.45) is 2.17. The molecule has 0 aliphatic carbocycles. The van der Waals surface area contributed by atoms with E-state index in [-0.39, 0.29) is 18.1 Å². The Hall–Kier alpha value is -2.34. The molecule has 0 unspecified atom stereocenters. The molecule has 0 saturated carbocycles. The number of aromatic nitrogens is 1. The minimum absolute atomic E-state index is 0.00506. The van der Waals surface area contributed by atoms with Gasteiger partial charge < -0.3 is 19.3 Å². The summed E-state index contributed by atoms with van der Waals surface area (Å²) in [4.78, 5) is 12.3. The van der Waals surface area contributed by atoms with E-state index in [2.05, 4.69) is 10.5 Å². The van der Waals surface area contributed by atoms with Gasteiger partial charge in [-0.1, -0.05) is 5.16 Å². The molecule has 1 aliphatic rings. The minimum Gasteiger partial charge on any atom is -0.489 e. The molecule has 3 rings (SSSR count). The molecule has 2 aromatic rings. The molecule has 6 nitrogen and oxygen atoms in total. The van der Waals surface area contributed by atoms with E-state index in [1.54, 1.807) is 24.3 Å². The van der Waals surface area contributed by atoms with Crippen LogP contribution in [0.25, 0.3) is 0 Å². The lowest BCUT2D eigenvalue weighted by molar-refractivity contribution is 0.0712. The largest absolute Gasteiger partial charge is 0.489 e. The number of rotatable bonds is 6. The number of nitrogens with zero attached hydrogens (tertiary/aromatic N) is 1. The second kappa shape index (κ2) is 7.70. The van der Waals surface area contributed by atoms with Crippen molar-refractivity contribution < 1.29 is 18.8 Å². The highest BCUT2D eigenvalue weighted by Gasteiger charge is 2.23. The molecule has 1 fully saturated rings. The predicted octanol–water partition coefficient (Wildman–Crippen LogP) is 3.17. The lowest BCUT2D eigenvalue weighted by Crippen LogP contribution is -2.40. The molecule has 1 aromatic heterocycles. The van der Waals surface area contributed by atoms with Gasteiger partial charge in [-0.3, -0.25) is 4.79 Å². The number of benzene rings is 1. The maximum atomic E-state index is 12.3. The number of nitrogens with one attached hydrogen (secondary N) is 1. The maximum Gasteiger partial charge on any atom is 0.251 e. The van der Waals surface area contributed by atoms with Gasteiger partial charge in [0.1, 0.15) is 18.1 Å². The van der Waals surface area contributed by atoms with Gasteiger partial charge in [0.15, 0.2) is 0 Å². The third-order valence-corrected chi connectivity index (χ3v) is 4.56. The monoisotopic (exact) mass is 344 g/mol. The maximum absolute atomic E-state index is 12.3. The molecular weight excluding hydrogens is 320 g/mol. The van der Waals surface area contributed by atoms with Gasteiger partial charge in [0, 0.05) is 12.2 Å². The first-order chi connectivity index (χ1) is 12.0. The van der Waals surface area contributed by atoms with Gasteiger partial charge in [-0.05, 0) is 57.9 Å². The Morgan fingerprint density at radius 3 is 2.72 bits per heavy atom. The topological polar surface area (TPSA) is 73.6 Å². The molecule has 1 aliphatic heterocycles. The SMILES string of the molecule is Cc1noc(C)c1COc1ccc(C(=O)N[C@H](C)[C@H]2CCCO2)cc1. The third kappa shape index (κ3) is 4.20. The number of hydrogen-bond acceptors (Lipinski definition) is 5. The molecule has 0 spiro atoms. The normalized spacial score (nSPS) is 18.1. The molecule has 6 heteroatoms. The van der Waals surface area contributed by atoms with Gasteiger partial charge in [-0.2, -0.15) is 0 Å². The smallest absolute Gasteiger partial charge is 0.251 e. The minimum atomic E-state index is -0.0970. The Morgan fingerprint density at radius 1 is 1.36 bits per heavy atom. The summed E-state index contributed by atoms with van der Waals surface area (Å²) in [5.74, 6) is 1.36. The predicted molar refractivity (Wildman–Crippen MR) is 92.7 cm³/mol. The molecule has 2 heterocycles. The lowest BCUT2D eigenvalue weighted by Gasteiger charge is -2.20. The number of aryl methyl sites for hydroxylation is 2. The average molecular weight is 344 g/mol. The summed E-state index contributed by atoms with van der Waals surface area (Å²) >= 11 is 0. The quantitative estimate of drug-likeness (QED) is 0.871. The molecule has 1 N–H and O–H groups in total. The van der Waals surface area contributed by atoms with E-state index in [4.69, 9.17) is 14.0 Å². The van der Waals surface area contributed by atoms with Crippen LogP contribution in [0.5, 0.6) is 5.75 Å². The van der Waals surface area contributed by atoms with Crippen molar-refractivity contribution in [3.05, 3.63) is 46.8 Å². The van der Waals surface area contributed by atoms with Crippen LogP contribution in [-0.4, -0.2) is 29.8 Å². The molecule has 1 saturated heterocycles. The number of carbonyl (C=O) groups excluding carboxylic acids is 1. The summed E-state index contributed by atoms with van der Waals surface area (Å²) in [5.41, 5.74) is 2.39. The van der Waals surface area contributed by atoms with Crippen LogP contribution in [-0.2, 0) is 11.3 Å². The number of ether oxygens (including phenoxy) is 2. The van der Waals surface area contributed by atoms with Crippen LogP contribution in [0, 0.1) is 13.8 Å². The van der Waals surface area contributed by atoms with Crippen molar-refractivity contribution in [2.75, 3.05) is 6.61 Å². The first-order valence-electron chi connectivity index (χ1n) is 8.61. The van der Waals surface area contributed by atoms with Gasteiger partial charge in [0.2, 0.25) is 0 Å². The fraction of sp³-hybridized carbons (Fsp3) is 0.474. The zero-order valence-electron chi connectivity index (χ0n) is 14.9. The van der Waals surface area contributed by atoms with Crippen molar-refractivity contribution in [3.63, 3.8) is 0 Å². The summed E-state index contributed by atoms with van der Waals surface area (Å²) < 4.78 is 16.5. The van der Waals surface area contributed by atoms with Gasteiger partial charge >= 0.3 is 0 Å². The second-order valence-electron chi connectivity index (χ2n) is 6.43. The summed E-state index contributed by atoms with van der Waals surface area (Å²) in [6.45, 7) is 6.90. The van der Waals surface area contributed by atoms with Crippen molar-refractivity contribution in [1.82, 2.24) is 10.5 Å². The fourth-order valence-corrected chi connectivity index (χ4v) is 2.95. The van der Waals surface area contributed by atoms with E-state index in [9.17, 15) is 4.79 Å². The highest BCUT2D eigenvalue weighted by Crippen LogP contribution is 2.19. The van der Waals surface area contributed by atoms with E-state index in [0.29, 0.717) is 17.9 Å². The molecule has 0 radical (unpaired) electrons. The average Bonchev–Trinajstić information content (AvgIpc) is 3.24. The van der Waals surface area contributed by atoms with Gasteiger partial charge in [0.25, 0.3) is 5.91 Å². The van der Waals surface area contributed by atoms with Crippen LogP contribution in [0.3, 0.4) is 0 Å². The van der Waals surface area contributed by atoms with Crippen LogP contribution in [0.15, 0.2) is 28.8 Å². The van der Waals surface area contributed by atoms with E-state index in [1.165, 1.54) is 0 Å². The van der Waals surface area contributed by atoms with E-state index < -0.39 is 0 Å². The Bertz CT molecular complexity index is 698. The van der Waals surface area contributed by atoms with Crippen molar-refractivity contribution in [3.8, 4) is 5.75 Å². The molecule has 1 aromatic carbocycles. The zero-order chi connectivity index (χ0) is 17.8. The summed E-state index contributed by atoms with van der Waals surface area (Å²) in [7, 11) is 0. The van der Waals surface area contributed by atoms with Crippen molar-refractivity contribution >= 4 is 5.91 Å². The van der Waals surface area contributed by atoms with Crippen molar-refractivity contribution in [2.45, 2.75) is 52.4 Å². The Balaban J connectivity index is 1.55. The summed E-state index contributed by atoms with van der Waals surface area (Å²) in [5, 5.41) is 6.91. The Kier molecular flexibility index (Phi) is 5.38. The zero-order valence-corrected chi connectivity index (χ0v) is 14.9. The van der Waals surface area contributed by atoms with E-state index in [1.807, 2.05) is 20.8 Å². The van der Waals surface area contributed by atoms with E-state index in [0.717, 1.165) is 36.5 Å². The van der Waals surface area contributed by atoms with Gasteiger partial charge in [-0.25, -0.2) is 0 Å². The van der Waals surface area contributed by atoms with Crippen LogP contribution < -0.4 is 10.1 Å². The first-order valence-corrected chi connectivity index (χ1v) is 8.61. The van der Waals surface area contributed by atoms with Gasteiger partial charge in [0.05, 0.1) is 23.4 Å². The molecule has 1 amide bonds. The highest BCUT2D eigenvalue weighted by atomic mass is 16.5. The lowest BCUT2D eigenvalue weighted by atomic mass is 10.1. The van der Waals surface area contributed by atoms with Crippen LogP contribution >= 0.6 is 0 Å². The standard InChI is InChI=1S/C19H24N2O4/c1-12-17(14(3)25-21-12)11-24-16-8-6-15(7-9-16)19(22)20-13(2)18-5-4-10-23-18/h6-9,13,18H,4-5,10-11H2,1-3H3,(H,20,22)/t13-,18-/m1/s1. The summed E-state index contributed by atoms with van der Waals surface area (Å²) in [6, 6.07) is 7.12. The highest BCUT2D eigenvalue weighted by molar-refractivity contribution is 5.94. The van der Waals surface area contributed by atoms with Crippen LogP contribution in [0.1, 0.15) is 47.1 Å².